The summed E-state index contributed by atoms with van der Waals surface area (Å²) in [6.07, 6.45) is 0.0968. The molecular weight excluding hydrogens is 334 g/mol. The summed E-state index contributed by atoms with van der Waals surface area (Å²) < 4.78 is 5.98. The number of alkyl carbamates (subject to hydrolysis) is 1. The number of amides is 1. The summed E-state index contributed by atoms with van der Waals surface area (Å²) in [4.78, 5) is 11.4. The molecule has 4 nitrogen and oxygen atoms in total. The molecule has 1 rings (SSSR count). The second-order valence-corrected chi connectivity index (χ2v) is 6.30. The zero-order valence-electron chi connectivity index (χ0n) is 12.5. The second kappa shape index (κ2) is 8.06. The number of carbonyl (C=O) groups excluding carboxylic acids is 1. The van der Waals surface area contributed by atoms with Gasteiger partial charge in [-0.05, 0) is 44.5 Å². The Morgan fingerprint density at radius 2 is 2.14 bits per heavy atom. The minimum atomic E-state index is -0.492. The Bertz CT molecular complexity index is 553. The number of hydrogen-bond donors (Lipinski definition) is 2. The highest BCUT2D eigenvalue weighted by atomic mass is 79.9. The molecule has 0 fully saturated rings. The van der Waals surface area contributed by atoms with Gasteiger partial charge in [0.05, 0.1) is 6.61 Å². The lowest BCUT2D eigenvalue weighted by Crippen LogP contribution is -2.32. The van der Waals surface area contributed by atoms with Gasteiger partial charge in [-0.3, -0.25) is 0 Å². The molecule has 0 aromatic heterocycles. The maximum Gasteiger partial charge on any atom is 0.407 e. The average molecular weight is 354 g/mol. The van der Waals surface area contributed by atoms with E-state index in [-0.39, 0.29) is 6.61 Å². The van der Waals surface area contributed by atoms with Crippen molar-refractivity contribution >= 4 is 22.0 Å². The number of carbonyl (C=O) groups is 1. The first-order valence-electron chi connectivity index (χ1n) is 6.67. The number of benzene rings is 1. The van der Waals surface area contributed by atoms with E-state index >= 15 is 0 Å². The number of rotatable bonds is 3. The maximum atomic E-state index is 11.4. The van der Waals surface area contributed by atoms with Gasteiger partial charge in [0.15, 0.2) is 0 Å². The normalized spacial score (nSPS) is 10.5. The summed E-state index contributed by atoms with van der Waals surface area (Å²) in [6.45, 7) is 5.86. The average Bonchev–Trinajstić information content (AvgIpc) is 2.38. The lowest BCUT2D eigenvalue weighted by Gasteiger charge is -2.19. The molecule has 0 aliphatic carbocycles. The van der Waals surface area contributed by atoms with Gasteiger partial charge < -0.3 is 15.2 Å². The van der Waals surface area contributed by atoms with Crippen molar-refractivity contribution in [1.29, 1.82) is 0 Å². The van der Waals surface area contributed by atoms with Crippen LogP contribution in [0, 0.1) is 11.8 Å². The Labute approximate surface area is 134 Å². The highest BCUT2D eigenvalue weighted by Gasteiger charge is 2.15. The van der Waals surface area contributed by atoms with Crippen LogP contribution in [0.2, 0.25) is 0 Å². The minimum absolute atomic E-state index is 0.0314. The van der Waals surface area contributed by atoms with Crippen LogP contribution in [0.3, 0.4) is 0 Å². The number of nitrogens with one attached hydrogen (secondary N) is 1. The molecule has 21 heavy (non-hydrogen) atoms. The first-order chi connectivity index (χ1) is 9.81. The van der Waals surface area contributed by atoms with Crippen LogP contribution < -0.4 is 5.32 Å². The molecule has 0 heterocycles. The molecule has 114 valence electrons. The van der Waals surface area contributed by atoms with Crippen molar-refractivity contribution in [2.75, 3.05) is 6.54 Å². The minimum Gasteiger partial charge on any atom is -0.444 e. The topological polar surface area (TPSA) is 58.6 Å². The molecule has 0 saturated carbocycles. The zero-order valence-corrected chi connectivity index (χ0v) is 14.1. The van der Waals surface area contributed by atoms with E-state index in [1.54, 1.807) is 0 Å². The summed E-state index contributed by atoms with van der Waals surface area (Å²) in [6, 6.07) is 5.56. The smallest absolute Gasteiger partial charge is 0.407 e. The molecular formula is C16H20BrNO3. The summed E-state index contributed by atoms with van der Waals surface area (Å²) in [5.41, 5.74) is 1.14. The van der Waals surface area contributed by atoms with Crippen molar-refractivity contribution in [2.45, 2.75) is 39.4 Å². The maximum absolute atomic E-state index is 11.4. The summed E-state index contributed by atoms with van der Waals surface area (Å²) in [5, 5.41) is 11.8. The fourth-order valence-corrected chi connectivity index (χ4v) is 1.85. The van der Waals surface area contributed by atoms with E-state index in [4.69, 9.17) is 9.84 Å². The Balaban J connectivity index is 2.42. The predicted octanol–water partition coefficient (Wildman–Crippen LogP) is 3.21. The molecule has 2 N–H and O–H groups in total. The van der Waals surface area contributed by atoms with Crippen molar-refractivity contribution in [1.82, 2.24) is 5.32 Å². The van der Waals surface area contributed by atoms with E-state index in [0.29, 0.717) is 13.0 Å². The predicted molar refractivity (Wildman–Crippen MR) is 85.8 cm³/mol. The number of aliphatic hydroxyl groups is 1. The molecule has 0 atom stereocenters. The van der Waals surface area contributed by atoms with Crippen LogP contribution in [-0.2, 0) is 11.3 Å². The lowest BCUT2D eigenvalue weighted by molar-refractivity contribution is 0.0529. The van der Waals surface area contributed by atoms with Crippen LogP contribution >= 0.6 is 15.9 Å². The van der Waals surface area contributed by atoms with Crippen molar-refractivity contribution in [3.05, 3.63) is 33.8 Å². The van der Waals surface area contributed by atoms with Crippen molar-refractivity contribution in [2.24, 2.45) is 0 Å². The van der Waals surface area contributed by atoms with Crippen molar-refractivity contribution in [3.63, 3.8) is 0 Å². The SMILES string of the molecule is CC(C)(C)OC(=O)NCCC#Cc1ccc(Br)c(CO)c1. The first-order valence-corrected chi connectivity index (χ1v) is 7.46. The van der Waals surface area contributed by atoms with E-state index in [1.807, 2.05) is 39.0 Å². The second-order valence-electron chi connectivity index (χ2n) is 5.44. The zero-order chi connectivity index (χ0) is 15.9. The Morgan fingerprint density at radius 3 is 2.76 bits per heavy atom. The quantitative estimate of drug-likeness (QED) is 0.647. The Hall–Kier alpha value is -1.51. The fourth-order valence-electron chi connectivity index (χ4n) is 1.48. The lowest BCUT2D eigenvalue weighted by atomic mass is 10.1. The van der Waals surface area contributed by atoms with Gasteiger partial charge in [-0.15, -0.1) is 0 Å². The van der Waals surface area contributed by atoms with Gasteiger partial charge in [0.2, 0.25) is 0 Å². The molecule has 1 aromatic rings. The van der Waals surface area contributed by atoms with Crippen LogP contribution in [0.15, 0.2) is 22.7 Å². The molecule has 0 aliphatic heterocycles. The number of ether oxygens (including phenoxy) is 1. The summed E-state index contributed by atoms with van der Waals surface area (Å²) >= 11 is 3.35. The third-order valence-electron chi connectivity index (χ3n) is 2.37. The number of halogens is 1. The van der Waals surface area contributed by atoms with Gasteiger partial charge in [0, 0.05) is 23.0 Å². The van der Waals surface area contributed by atoms with E-state index in [2.05, 4.69) is 33.1 Å². The van der Waals surface area contributed by atoms with Crippen LogP contribution in [0.5, 0.6) is 0 Å². The van der Waals surface area contributed by atoms with Gasteiger partial charge in [0.25, 0.3) is 0 Å². The van der Waals surface area contributed by atoms with Crippen molar-refractivity contribution in [3.8, 4) is 11.8 Å². The molecule has 1 amide bonds. The fraction of sp³-hybridized carbons (Fsp3) is 0.438. The first kappa shape index (κ1) is 17.5. The van der Waals surface area contributed by atoms with Crippen molar-refractivity contribution < 1.29 is 14.6 Å². The Kier molecular flexibility index (Phi) is 6.73. The molecule has 0 radical (unpaired) electrons. The number of hydrogen-bond acceptors (Lipinski definition) is 3. The van der Waals surface area contributed by atoms with E-state index in [9.17, 15) is 4.79 Å². The van der Waals surface area contributed by atoms with Crippen LogP contribution in [0.1, 0.15) is 38.3 Å². The summed E-state index contributed by atoms with van der Waals surface area (Å²) in [5.74, 6) is 5.97. The Morgan fingerprint density at radius 1 is 1.43 bits per heavy atom. The highest BCUT2D eigenvalue weighted by molar-refractivity contribution is 9.10. The third-order valence-corrected chi connectivity index (χ3v) is 3.14. The van der Waals surface area contributed by atoms with E-state index < -0.39 is 11.7 Å². The van der Waals surface area contributed by atoms with E-state index in [1.165, 1.54) is 0 Å². The van der Waals surface area contributed by atoms with Crippen LogP contribution in [-0.4, -0.2) is 23.3 Å². The molecule has 0 bridgehead atoms. The van der Waals surface area contributed by atoms with Gasteiger partial charge in [0.1, 0.15) is 5.60 Å². The number of aliphatic hydroxyl groups excluding tert-OH is 1. The van der Waals surface area contributed by atoms with Gasteiger partial charge in [-0.25, -0.2) is 4.79 Å². The van der Waals surface area contributed by atoms with Gasteiger partial charge in [-0.1, -0.05) is 27.8 Å². The standard InChI is InChI=1S/C16H20BrNO3/c1-16(2,3)21-15(20)18-9-5-4-6-12-7-8-14(17)13(10-12)11-19/h7-8,10,19H,5,9,11H2,1-3H3,(H,18,20). The van der Waals surface area contributed by atoms with Crippen LogP contribution in [0.25, 0.3) is 0 Å². The molecule has 0 unspecified atom stereocenters. The van der Waals surface area contributed by atoms with Gasteiger partial charge >= 0.3 is 6.09 Å². The molecule has 5 heteroatoms. The van der Waals surface area contributed by atoms with Crippen LogP contribution in [0.4, 0.5) is 4.79 Å². The molecule has 1 aromatic carbocycles. The largest absolute Gasteiger partial charge is 0.444 e. The molecule has 0 saturated heterocycles. The summed E-state index contributed by atoms with van der Waals surface area (Å²) in [7, 11) is 0. The molecule has 0 aliphatic rings. The third kappa shape index (κ3) is 7.16. The highest BCUT2D eigenvalue weighted by Crippen LogP contribution is 2.17. The van der Waals surface area contributed by atoms with Gasteiger partial charge in [-0.2, -0.15) is 0 Å². The molecule has 0 spiro atoms. The monoisotopic (exact) mass is 353 g/mol. The van der Waals surface area contributed by atoms with E-state index in [0.717, 1.165) is 15.6 Å².